The quantitative estimate of drug-likeness (QED) is 0.715. The van der Waals surface area contributed by atoms with Crippen molar-refractivity contribution in [3.63, 3.8) is 0 Å². The fourth-order valence-corrected chi connectivity index (χ4v) is 1.58. The van der Waals surface area contributed by atoms with Crippen LogP contribution >= 0.6 is 0 Å². The molecule has 1 fully saturated rings. The second-order valence-electron chi connectivity index (χ2n) is 3.40. The minimum atomic E-state index is -0.663. The monoisotopic (exact) mass is 165 g/mol. The number of rotatable bonds is 2. The summed E-state index contributed by atoms with van der Waals surface area (Å²) in [7, 11) is 1.95. The number of carbonyl (C=O) groups is 1. The van der Waals surface area contributed by atoms with Crippen molar-refractivity contribution in [1.29, 1.82) is 0 Å². The molecule has 0 aromatic carbocycles. The van der Waals surface area contributed by atoms with Crippen molar-refractivity contribution < 1.29 is 9.90 Å². The van der Waals surface area contributed by atoms with Crippen LogP contribution in [0.1, 0.15) is 17.9 Å². The lowest BCUT2D eigenvalue weighted by molar-refractivity contribution is -0.138. The average Bonchev–Trinajstić information content (AvgIpc) is 2.70. The molecule has 1 aromatic rings. The average molecular weight is 165 g/mol. The van der Waals surface area contributed by atoms with Crippen molar-refractivity contribution in [2.75, 3.05) is 0 Å². The molecule has 1 N–H and O–H groups in total. The first kappa shape index (κ1) is 7.40. The van der Waals surface area contributed by atoms with E-state index in [4.69, 9.17) is 5.11 Å². The maximum atomic E-state index is 10.5. The highest BCUT2D eigenvalue weighted by Crippen LogP contribution is 2.47. The second kappa shape index (κ2) is 2.37. The number of hydrogen-bond donors (Lipinski definition) is 1. The van der Waals surface area contributed by atoms with Gasteiger partial charge in [0.05, 0.1) is 5.92 Å². The Bertz CT molecular complexity index is 316. The van der Waals surface area contributed by atoms with Gasteiger partial charge in [-0.15, -0.1) is 0 Å². The molecule has 1 saturated carbocycles. The molecule has 64 valence electrons. The third kappa shape index (κ3) is 1.11. The van der Waals surface area contributed by atoms with Crippen LogP contribution in [0.25, 0.3) is 0 Å². The van der Waals surface area contributed by atoms with Crippen molar-refractivity contribution in [1.82, 2.24) is 4.57 Å². The Labute approximate surface area is 70.6 Å². The lowest BCUT2D eigenvalue weighted by Crippen LogP contribution is -1.98. The molecule has 0 unspecified atom stereocenters. The minimum absolute atomic E-state index is 0.132. The Balaban J connectivity index is 2.10. The second-order valence-corrected chi connectivity index (χ2v) is 3.40. The van der Waals surface area contributed by atoms with Crippen molar-refractivity contribution >= 4 is 5.97 Å². The summed E-state index contributed by atoms with van der Waals surface area (Å²) >= 11 is 0. The Hall–Kier alpha value is -1.25. The first-order valence-corrected chi connectivity index (χ1v) is 4.03. The summed E-state index contributed by atoms with van der Waals surface area (Å²) in [6.45, 7) is 0. The summed E-state index contributed by atoms with van der Waals surface area (Å²) in [5, 5.41) is 8.68. The number of aromatic nitrogens is 1. The van der Waals surface area contributed by atoms with Crippen LogP contribution in [0.5, 0.6) is 0 Å². The van der Waals surface area contributed by atoms with E-state index >= 15 is 0 Å². The van der Waals surface area contributed by atoms with Crippen molar-refractivity contribution in [2.24, 2.45) is 13.0 Å². The number of carboxylic acids is 1. The van der Waals surface area contributed by atoms with Gasteiger partial charge < -0.3 is 9.67 Å². The third-order valence-electron chi connectivity index (χ3n) is 2.39. The zero-order valence-corrected chi connectivity index (χ0v) is 6.90. The molecule has 2 atom stereocenters. The van der Waals surface area contributed by atoms with Gasteiger partial charge in [-0.1, -0.05) is 0 Å². The molecule has 0 radical (unpaired) electrons. The number of aliphatic carboxylic acids is 1. The Morgan fingerprint density at radius 1 is 1.75 bits per heavy atom. The zero-order chi connectivity index (χ0) is 8.72. The molecule has 0 saturated heterocycles. The smallest absolute Gasteiger partial charge is 0.307 e. The summed E-state index contributed by atoms with van der Waals surface area (Å²) < 4.78 is 1.95. The maximum absolute atomic E-state index is 10.5. The fraction of sp³-hybridized carbons (Fsp3) is 0.444. The van der Waals surface area contributed by atoms with Crippen molar-refractivity contribution in [3.8, 4) is 0 Å². The van der Waals surface area contributed by atoms with Gasteiger partial charge in [0.25, 0.3) is 0 Å². The number of hydrogen-bond acceptors (Lipinski definition) is 1. The molecule has 1 aliphatic carbocycles. The van der Waals surface area contributed by atoms with Gasteiger partial charge in [0.2, 0.25) is 0 Å². The van der Waals surface area contributed by atoms with E-state index in [0.717, 1.165) is 12.0 Å². The first-order chi connectivity index (χ1) is 5.68. The molecule has 12 heavy (non-hydrogen) atoms. The van der Waals surface area contributed by atoms with E-state index in [2.05, 4.69) is 0 Å². The van der Waals surface area contributed by atoms with Crippen LogP contribution in [0.4, 0.5) is 0 Å². The highest BCUT2D eigenvalue weighted by atomic mass is 16.4. The maximum Gasteiger partial charge on any atom is 0.307 e. The van der Waals surface area contributed by atoms with E-state index in [-0.39, 0.29) is 11.8 Å². The van der Waals surface area contributed by atoms with Gasteiger partial charge in [-0.05, 0) is 24.0 Å². The van der Waals surface area contributed by atoms with Crippen molar-refractivity contribution in [3.05, 3.63) is 24.0 Å². The molecule has 3 heteroatoms. The van der Waals surface area contributed by atoms with Gasteiger partial charge in [-0.3, -0.25) is 4.79 Å². The molecule has 0 bridgehead atoms. The summed E-state index contributed by atoms with van der Waals surface area (Å²) in [6.07, 6.45) is 4.75. The van der Waals surface area contributed by atoms with Crippen LogP contribution in [0, 0.1) is 5.92 Å². The Morgan fingerprint density at radius 2 is 2.50 bits per heavy atom. The van der Waals surface area contributed by atoms with E-state index in [1.165, 1.54) is 0 Å². The summed E-state index contributed by atoms with van der Waals surface area (Å²) in [5.74, 6) is -0.528. The number of nitrogens with zero attached hydrogens (tertiary/aromatic N) is 1. The molecular weight excluding hydrogens is 154 g/mol. The van der Waals surface area contributed by atoms with Crippen LogP contribution in [0.2, 0.25) is 0 Å². The van der Waals surface area contributed by atoms with E-state index in [1.54, 1.807) is 0 Å². The van der Waals surface area contributed by atoms with Crippen LogP contribution in [-0.4, -0.2) is 15.6 Å². The molecule has 1 heterocycles. The molecule has 1 aliphatic rings. The lowest BCUT2D eigenvalue weighted by atomic mass is 10.2. The van der Waals surface area contributed by atoms with E-state index < -0.39 is 5.97 Å². The van der Waals surface area contributed by atoms with Gasteiger partial charge in [0.1, 0.15) is 0 Å². The van der Waals surface area contributed by atoms with Crippen molar-refractivity contribution in [2.45, 2.75) is 12.3 Å². The van der Waals surface area contributed by atoms with Gasteiger partial charge in [-0.25, -0.2) is 0 Å². The van der Waals surface area contributed by atoms with Crippen LogP contribution in [-0.2, 0) is 11.8 Å². The molecule has 0 spiro atoms. The zero-order valence-electron chi connectivity index (χ0n) is 6.90. The van der Waals surface area contributed by atoms with Gasteiger partial charge >= 0.3 is 5.97 Å². The molecule has 3 nitrogen and oxygen atoms in total. The van der Waals surface area contributed by atoms with Gasteiger partial charge in [0, 0.05) is 19.4 Å². The molecular formula is C9H11NO2. The fourth-order valence-electron chi connectivity index (χ4n) is 1.58. The van der Waals surface area contributed by atoms with Crippen LogP contribution in [0.3, 0.4) is 0 Å². The lowest BCUT2D eigenvalue weighted by Gasteiger charge is -1.90. The SMILES string of the molecule is Cn1ccc([C@@H]2C[C@@H]2C(=O)O)c1. The summed E-state index contributed by atoms with van der Waals surface area (Å²) in [5.41, 5.74) is 1.16. The predicted molar refractivity (Wildman–Crippen MR) is 43.9 cm³/mol. The Kier molecular flexibility index (Phi) is 1.46. The molecule has 2 rings (SSSR count). The minimum Gasteiger partial charge on any atom is -0.481 e. The first-order valence-electron chi connectivity index (χ1n) is 4.03. The normalized spacial score (nSPS) is 27.1. The van der Waals surface area contributed by atoms with Crippen LogP contribution < -0.4 is 0 Å². The van der Waals surface area contributed by atoms with E-state index in [0.29, 0.717) is 0 Å². The van der Waals surface area contributed by atoms with Crippen LogP contribution in [0.15, 0.2) is 18.5 Å². The third-order valence-corrected chi connectivity index (χ3v) is 2.39. The Morgan fingerprint density at radius 3 is 2.92 bits per heavy atom. The number of carboxylic acid groups (broad SMARTS) is 1. The highest BCUT2D eigenvalue weighted by molar-refractivity contribution is 5.75. The molecule has 1 aromatic heterocycles. The standard InChI is InChI=1S/C9H11NO2/c1-10-3-2-6(5-10)7-4-8(7)9(11)12/h2-3,5,7-8H,4H2,1H3,(H,11,12)/t7-,8-/m0/s1. The number of aryl methyl sites for hydroxylation is 1. The topological polar surface area (TPSA) is 42.2 Å². The molecule has 0 aliphatic heterocycles. The predicted octanol–water partition coefficient (Wildman–Crippen LogP) is 1.21. The largest absolute Gasteiger partial charge is 0.481 e. The van der Waals surface area contributed by atoms with Gasteiger partial charge in [-0.2, -0.15) is 0 Å². The summed E-state index contributed by atoms with van der Waals surface area (Å²) in [4.78, 5) is 10.5. The van der Waals surface area contributed by atoms with E-state index in [9.17, 15) is 4.79 Å². The van der Waals surface area contributed by atoms with E-state index in [1.807, 2.05) is 30.1 Å². The van der Waals surface area contributed by atoms with Gasteiger partial charge in [0.15, 0.2) is 0 Å². The highest BCUT2D eigenvalue weighted by Gasteiger charge is 2.44. The summed E-state index contributed by atoms with van der Waals surface area (Å²) in [6, 6.07) is 1.99. The molecule has 0 amide bonds.